The highest BCUT2D eigenvalue weighted by Crippen LogP contribution is 2.34. The van der Waals surface area contributed by atoms with Crippen LogP contribution in [-0.4, -0.2) is 30.1 Å². The summed E-state index contributed by atoms with van der Waals surface area (Å²) in [5.41, 5.74) is 8.23. The van der Waals surface area contributed by atoms with Crippen LogP contribution in [0, 0.1) is 17.6 Å². The molecule has 0 saturated heterocycles. The number of hydrogen-bond donors (Lipinski definition) is 2. The van der Waals surface area contributed by atoms with Gasteiger partial charge in [-0.15, -0.1) is 0 Å². The first-order valence-corrected chi connectivity index (χ1v) is 13.0. The maximum Gasteiger partial charge on any atom is 0.265 e. The van der Waals surface area contributed by atoms with Gasteiger partial charge in [0, 0.05) is 34.5 Å². The molecule has 0 saturated carbocycles. The number of halogens is 3. The van der Waals surface area contributed by atoms with Gasteiger partial charge in [-0.2, -0.15) is 4.39 Å². The molecule has 3 N–H and O–H groups in total. The van der Waals surface area contributed by atoms with E-state index in [1.165, 1.54) is 35.0 Å². The number of anilines is 1. The molecule has 0 spiro atoms. The number of nitrogens with two attached hydrogens (primary N) is 1. The second-order valence-corrected chi connectivity index (χ2v) is 10.4. The summed E-state index contributed by atoms with van der Waals surface area (Å²) < 4.78 is 69.5. The number of sulfonamides is 1. The van der Waals surface area contributed by atoms with E-state index in [1.807, 2.05) is 0 Å². The van der Waals surface area contributed by atoms with Crippen LogP contribution in [0.5, 0.6) is 0 Å². The molecule has 0 fully saturated rings. The van der Waals surface area contributed by atoms with Crippen LogP contribution in [0.3, 0.4) is 0 Å². The van der Waals surface area contributed by atoms with Crippen molar-refractivity contribution in [3.05, 3.63) is 102 Å². The summed E-state index contributed by atoms with van der Waals surface area (Å²) in [5, 5.41) is 0.584. The predicted octanol–water partition coefficient (Wildman–Crippen LogP) is 5.25. The predicted molar refractivity (Wildman–Crippen MR) is 139 cm³/mol. The number of hydrogen-bond acceptors (Lipinski definition) is 4. The first-order valence-electron chi connectivity index (χ1n) is 11.1. The lowest BCUT2D eigenvalue weighted by molar-refractivity contribution is 0.0994. The Hall–Kier alpha value is -4.64. The molecule has 192 valence electrons. The topological polar surface area (TPSA) is 107 Å². The number of primary amides is 1. The van der Waals surface area contributed by atoms with Gasteiger partial charge in [-0.1, -0.05) is 6.07 Å². The maximum atomic E-state index is 14.8. The molecule has 0 atom stereocenters. The van der Waals surface area contributed by atoms with Gasteiger partial charge in [-0.05, 0) is 71.8 Å². The number of rotatable bonds is 6. The van der Waals surface area contributed by atoms with Crippen LogP contribution in [0.4, 0.5) is 18.9 Å². The molecule has 5 rings (SSSR count). The molecule has 2 aromatic heterocycles. The van der Waals surface area contributed by atoms with Crippen molar-refractivity contribution >= 4 is 32.5 Å². The van der Waals surface area contributed by atoms with Crippen molar-refractivity contribution in [3.8, 4) is 27.9 Å². The van der Waals surface area contributed by atoms with E-state index in [9.17, 15) is 26.4 Å². The van der Waals surface area contributed by atoms with Crippen LogP contribution in [0.1, 0.15) is 10.5 Å². The Kier molecular flexibility index (Phi) is 6.15. The number of carbonyl (C=O) groups excluding carboxylic acids is 1. The summed E-state index contributed by atoms with van der Waals surface area (Å²) in [6.07, 6.45) is 2.31. The van der Waals surface area contributed by atoms with Crippen molar-refractivity contribution in [2.24, 2.45) is 5.73 Å². The van der Waals surface area contributed by atoms with Crippen molar-refractivity contribution < 1.29 is 26.4 Å². The maximum absolute atomic E-state index is 14.8. The molecule has 0 unspecified atom stereocenters. The molecule has 1 amide bonds. The van der Waals surface area contributed by atoms with E-state index in [1.54, 1.807) is 36.4 Å². The molecular formula is C27H19F3N4O3S. The Labute approximate surface area is 215 Å². The largest absolute Gasteiger partial charge is 0.364 e. The van der Waals surface area contributed by atoms with E-state index >= 15 is 0 Å². The highest BCUT2D eigenvalue weighted by Gasteiger charge is 2.19. The molecule has 0 aliphatic rings. The van der Waals surface area contributed by atoms with Gasteiger partial charge in [0.05, 0.1) is 17.5 Å². The number of nitrogens with one attached hydrogen (secondary N) is 1. The Balaban J connectivity index is 1.81. The number of pyridine rings is 1. The number of carbonyl (C=O) groups is 1. The zero-order valence-electron chi connectivity index (χ0n) is 19.7. The summed E-state index contributed by atoms with van der Waals surface area (Å²) in [7, 11) is -3.59. The molecule has 5 aromatic rings. The molecule has 0 aliphatic carbocycles. The van der Waals surface area contributed by atoms with Gasteiger partial charge < -0.3 is 10.3 Å². The second kappa shape index (κ2) is 9.34. The number of aromatic nitrogens is 2. The zero-order chi connectivity index (χ0) is 27.2. The number of amides is 1. The smallest absolute Gasteiger partial charge is 0.265 e. The van der Waals surface area contributed by atoms with Crippen LogP contribution in [0.25, 0.3) is 38.8 Å². The van der Waals surface area contributed by atoms with Crippen molar-refractivity contribution in [2.75, 3.05) is 11.0 Å². The van der Waals surface area contributed by atoms with Crippen molar-refractivity contribution in [2.45, 2.75) is 0 Å². The molecule has 11 heteroatoms. The third kappa shape index (κ3) is 4.96. The van der Waals surface area contributed by atoms with E-state index in [4.69, 9.17) is 5.73 Å². The van der Waals surface area contributed by atoms with E-state index < -0.39 is 33.5 Å². The highest BCUT2D eigenvalue weighted by molar-refractivity contribution is 7.92. The van der Waals surface area contributed by atoms with Crippen LogP contribution >= 0.6 is 0 Å². The lowest BCUT2D eigenvalue weighted by Crippen LogP contribution is -2.16. The van der Waals surface area contributed by atoms with E-state index in [0.717, 1.165) is 18.4 Å². The van der Waals surface area contributed by atoms with Gasteiger partial charge in [-0.25, -0.2) is 22.2 Å². The third-order valence-corrected chi connectivity index (χ3v) is 6.45. The molecular weight excluding hydrogens is 517 g/mol. The number of nitrogens with zero attached hydrogens (tertiary/aromatic N) is 2. The first-order chi connectivity index (χ1) is 18.0. The summed E-state index contributed by atoms with van der Waals surface area (Å²) in [6.45, 7) is 0. The third-order valence-electron chi connectivity index (χ3n) is 5.84. The second-order valence-electron chi connectivity index (χ2n) is 8.64. The summed E-state index contributed by atoms with van der Waals surface area (Å²) in [5.74, 6) is -3.00. The lowest BCUT2D eigenvalue weighted by atomic mass is 9.98. The molecule has 3 aromatic carbocycles. The Morgan fingerprint density at radius 3 is 2.32 bits per heavy atom. The fourth-order valence-electron chi connectivity index (χ4n) is 4.27. The first kappa shape index (κ1) is 25.0. The van der Waals surface area contributed by atoms with Gasteiger partial charge >= 0.3 is 0 Å². The summed E-state index contributed by atoms with van der Waals surface area (Å²) in [6, 6.07) is 16.9. The van der Waals surface area contributed by atoms with Gasteiger partial charge in [0.25, 0.3) is 5.91 Å². The molecule has 0 bridgehead atoms. The van der Waals surface area contributed by atoms with Gasteiger partial charge in [0.1, 0.15) is 17.3 Å². The Morgan fingerprint density at radius 1 is 0.895 bits per heavy atom. The van der Waals surface area contributed by atoms with Crippen LogP contribution in [0.15, 0.2) is 79.0 Å². The van der Waals surface area contributed by atoms with Crippen LogP contribution in [0.2, 0.25) is 0 Å². The van der Waals surface area contributed by atoms with Gasteiger partial charge in [-0.3, -0.25) is 9.52 Å². The fraction of sp³-hybridized carbons (Fsp3) is 0.0370. The quantitative estimate of drug-likeness (QED) is 0.289. The van der Waals surface area contributed by atoms with Crippen LogP contribution < -0.4 is 10.5 Å². The normalized spacial score (nSPS) is 11.6. The SMILES string of the molecule is CS(=O)(=O)Nc1ccc2cc(C(N)=O)n(-c3cc(-c4ccc(F)nc4)cc(-c4ccc(F)cc4F)c3)c2c1. The average Bonchev–Trinajstić information content (AvgIpc) is 3.22. The zero-order valence-corrected chi connectivity index (χ0v) is 20.6. The molecule has 0 aliphatic heterocycles. The minimum Gasteiger partial charge on any atom is -0.364 e. The monoisotopic (exact) mass is 536 g/mol. The van der Waals surface area contributed by atoms with Crippen LogP contribution in [-0.2, 0) is 10.0 Å². The minimum atomic E-state index is -3.59. The minimum absolute atomic E-state index is 0.0800. The van der Waals surface area contributed by atoms with E-state index in [-0.39, 0.29) is 16.9 Å². The van der Waals surface area contributed by atoms with Crippen molar-refractivity contribution in [3.63, 3.8) is 0 Å². The average molecular weight is 537 g/mol. The highest BCUT2D eigenvalue weighted by atomic mass is 32.2. The molecule has 2 heterocycles. The molecule has 7 nitrogen and oxygen atoms in total. The van der Waals surface area contributed by atoms with E-state index in [0.29, 0.717) is 33.3 Å². The lowest BCUT2D eigenvalue weighted by Gasteiger charge is -2.15. The van der Waals surface area contributed by atoms with Gasteiger partial charge in [0.2, 0.25) is 16.0 Å². The summed E-state index contributed by atoms with van der Waals surface area (Å²) in [4.78, 5) is 16.1. The standard InChI is InChI=1S/C27H19F3N4O3S/c1-38(36,37)33-20-5-2-15-11-25(27(31)35)34(24(15)13-20)21-9-17(16-3-7-26(30)32-14-16)8-18(10-21)22-6-4-19(28)12-23(22)29/h2-14,33H,1H3,(H2,31,35). The van der Waals surface area contributed by atoms with E-state index in [2.05, 4.69) is 9.71 Å². The Morgan fingerprint density at radius 2 is 1.66 bits per heavy atom. The number of fused-ring (bicyclic) bond motifs is 1. The molecule has 0 radical (unpaired) electrons. The fourth-order valence-corrected chi connectivity index (χ4v) is 4.83. The van der Waals surface area contributed by atoms with Gasteiger partial charge in [0.15, 0.2) is 0 Å². The summed E-state index contributed by atoms with van der Waals surface area (Å²) >= 11 is 0. The van der Waals surface area contributed by atoms with Crippen molar-refractivity contribution in [1.29, 1.82) is 0 Å². The van der Waals surface area contributed by atoms with Crippen molar-refractivity contribution in [1.82, 2.24) is 9.55 Å². The molecule has 38 heavy (non-hydrogen) atoms. The number of benzene rings is 3. The Bertz CT molecular complexity index is 1840.